The van der Waals surface area contributed by atoms with Gasteiger partial charge in [-0.2, -0.15) is 5.10 Å². The van der Waals surface area contributed by atoms with Gasteiger partial charge in [-0.3, -0.25) is 9.59 Å². The number of ether oxygens (including phenoxy) is 2. The fourth-order valence-corrected chi connectivity index (χ4v) is 3.04. The molecule has 34 heavy (non-hydrogen) atoms. The SMILES string of the molecule is COc1cc(/C=N/NC(=O)C(=O)Nc2ccccc2C)ccc1OC(=O)c1ccc(Cl)c(Cl)c1. The molecule has 0 saturated heterocycles. The predicted octanol–water partition coefficient (Wildman–Crippen LogP) is 4.62. The molecule has 0 bridgehead atoms. The van der Waals surface area contributed by atoms with Crippen LogP contribution in [0.1, 0.15) is 21.5 Å². The molecule has 0 fully saturated rings. The summed E-state index contributed by atoms with van der Waals surface area (Å²) in [4.78, 5) is 36.4. The summed E-state index contributed by atoms with van der Waals surface area (Å²) >= 11 is 11.8. The smallest absolute Gasteiger partial charge is 0.343 e. The molecular weight excluding hydrogens is 481 g/mol. The van der Waals surface area contributed by atoms with E-state index < -0.39 is 17.8 Å². The molecule has 0 heterocycles. The number of hydrogen-bond donors (Lipinski definition) is 2. The number of methoxy groups -OCH3 is 1. The Morgan fingerprint density at radius 3 is 2.38 bits per heavy atom. The molecule has 0 atom stereocenters. The molecular formula is C24H19Cl2N3O5. The van der Waals surface area contributed by atoms with E-state index in [1.165, 1.54) is 37.6 Å². The van der Waals surface area contributed by atoms with Crippen molar-refractivity contribution in [3.8, 4) is 11.5 Å². The van der Waals surface area contributed by atoms with Crippen molar-refractivity contribution < 1.29 is 23.9 Å². The average molecular weight is 500 g/mol. The van der Waals surface area contributed by atoms with E-state index in [0.717, 1.165) is 5.56 Å². The van der Waals surface area contributed by atoms with Gasteiger partial charge in [-0.15, -0.1) is 0 Å². The Bertz CT molecular complexity index is 1280. The second kappa shape index (κ2) is 11.3. The van der Waals surface area contributed by atoms with Crippen LogP contribution in [0.2, 0.25) is 10.0 Å². The van der Waals surface area contributed by atoms with Gasteiger partial charge in [0.15, 0.2) is 11.5 Å². The lowest BCUT2D eigenvalue weighted by Crippen LogP contribution is -2.32. The topological polar surface area (TPSA) is 106 Å². The third-order valence-electron chi connectivity index (χ3n) is 4.52. The minimum atomic E-state index is -0.932. The number of rotatable bonds is 6. The van der Waals surface area contributed by atoms with E-state index in [-0.39, 0.29) is 22.1 Å². The van der Waals surface area contributed by atoms with Crippen molar-refractivity contribution >= 4 is 52.9 Å². The Hall–Kier alpha value is -3.88. The molecule has 3 rings (SSSR count). The Labute approximate surface area is 205 Å². The van der Waals surface area contributed by atoms with Crippen LogP contribution in [0.3, 0.4) is 0 Å². The minimum absolute atomic E-state index is 0.164. The first-order chi connectivity index (χ1) is 16.3. The highest BCUT2D eigenvalue weighted by molar-refractivity contribution is 6.42. The molecule has 0 unspecified atom stereocenters. The van der Waals surface area contributed by atoms with E-state index in [9.17, 15) is 14.4 Å². The Morgan fingerprint density at radius 1 is 0.912 bits per heavy atom. The van der Waals surface area contributed by atoms with Crippen LogP contribution >= 0.6 is 23.2 Å². The van der Waals surface area contributed by atoms with Gasteiger partial charge in [-0.25, -0.2) is 10.2 Å². The maximum absolute atomic E-state index is 12.4. The number of anilines is 1. The molecule has 3 aromatic carbocycles. The maximum Gasteiger partial charge on any atom is 0.343 e. The molecule has 10 heteroatoms. The van der Waals surface area contributed by atoms with E-state index in [1.807, 2.05) is 19.1 Å². The van der Waals surface area contributed by atoms with E-state index in [0.29, 0.717) is 16.3 Å². The highest BCUT2D eigenvalue weighted by Gasteiger charge is 2.15. The van der Waals surface area contributed by atoms with Gasteiger partial charge >= 0.3 is 17.8 Å². The van der Waals surface area contributed by atoms with E-state index >= 15 is 0 Å². The molecule has 0 aliphatic carbocycles. The van der Waals surface area contributed by atoms with Crippen molar-refractivity contribution in [3.63, 3.8) is 0 Å². The normalized spacial score (nSPS) is 10.6. The number of para-hydroxylation sites is 1. The Morgan fingerprint density at radius 2 is 1.68 bits per heavy atom. The summed E-state index contributed by atoms with van der Waals surface area (Å²) < 4.78 is 10.7. The number of esters is 1. The lowest BCUT2D eigenvalue weighted by molar-refractivity contribution is -0.136. The lowest BCUT2D eigenvalue weighted by Gasteiger charge is -2.10. The molecule has 0 aliphatic heterocycles. The van der Waals surface area contributed by atoms with Crippen molar-refractivity contribution in [2.45, 2.75) is 6.92 Å². The molecule has 2 amide bonds. The van der Waals surface area contributed by atoms with Crippen LogP contribution in [0.5, 0.6) is 11.5 Å². The Kier molecular flexibility index (Phi) is 8.24. The summed E-state index contributed by atoms with van der Waals surface area (Å²) in [7, 11) is 1.41. The second-order valence-electron chi connectivity index (χ2n) is 6.90. The van der Waals surface area contributed by atoms with Crippen molar-refractivity contribution in [1.82, 2.24) is 5.43 Å². The first-order valence-corrected chi connectivity index (χ1v) is 10.6. The van der Waals surface area contributed by atoms with Crippen LogP contribution in [0.15, 0.2) is 65.8 Å². The van der Waals surface area contributed by atoms with Crippen LogP contribution in [0, 0.1) is 6.92 Å². The minimum Gasteiger partial charge on any atom is -0.493 e. The summed E-state index contributed by atoms with van der Waals surface area (Å²) in [5, 5.41) is 6.84. The zero-order valence-corrected chi connectivity index (χ0v) is 19.6. The molecule has 174 valence electrons. The molecule has 0 aromatic heterocycles. The fraction of sp³-hybridized carbons (Fsp3) is 0.0833. The van der Waals surface area contributed by atoms with Crippen LogP contribution < -0.4 is 20.2 Å². The number of hydrazone groups is 1. The predicted molar refractivity (Wildman–Crippen MR) is 130 cm³/mol. The zero-order valence-electron chi connectivity index (χ0n) is 18.1. The summed E-state index contributed by atoms with van der Waals surface area (Å²) in [6, 6.07) is 16.1. The second-order valence-corrected chi connectivity index (χ2v) is 7.71. The van der Waals surface area contributed by atoms with Crippen molar-refractivity contribution in [3.05, 3.63) is 87.4 Å². The first kappa shape index (κ1) is 24.8. The van der Waals surface area contributed by atoms with Crippen LogP contribution in [-0.2, 0) is 9.59 Å². The van der Waals surface area contributed by atoms with Gasteiger partial charge in [-0.1, -0.05) is 41.4 Å². The molecule has 2 N–H and O–H groups in total. The van der Waals surface area contributed by atoms with Crippen molar-refractivity contribution in [2.24, 2.45) is 5.10 Å². The fourth-order valence-electron chi connectivity index (χ4n) is 2.74. The third-order valence-corrected chi connectivity index (χ3v) is 5.26. The number of carbonyl (C=O) groups excluding carboxylic acids is 3. The number of amides is 2. The van der Waals surface area contributed by atoms with Gasteiger partial charge < -0.3 is 14.8 Å². The van der Waals surface area contributed by atoms with Crippen molar-refractivity contribution in [1.29, 1.82) is 0 Å². The number of nitrogens with zero attached hydrogens (tertiary/aromatic N) is 1. The molecule has 3 aromatic rings. The number of hydrogen-bond acceptors (Lipinski definition) is 6. The Balaban J connectivity index is 1.62. The lowest BCUT2D eigenvalue weighted by atomic mass is 10.2. The molecule has 0 radical (unpaired) electrons. The standard InChI is InChI=1S/C24H19Cl2N3O5/c1-14-5-3-4-6-19(14)28-22(30)23(31)29-27-13-15-7-10-20(21(11-15)33-2)34-24(32)16-8-9-17(25)18(26)12-16/h3-13H,1-2H3,(H,28,30)(H,29,31)/b27-13+. The van der Waals surface area contributed by atoms with E-state index in [1.54, 1.807) is 24.3 Å². The summed E-state index contributed by atoms with van der Waals surface area (Å²) in [6.07, 6.45) is 1.31. The zero-order chi connectivity index (χ0) is 24.7. The summed E-state index contributed by atoms with van der Waals surface area (Å²) in [5.74, 6) is -2.02. The van der Waals surface area contributed by atoms with Gasteiger partial charge in [-0.05, 0) is 60.5 Å². The average Bonchev–Trinajstić information content (AvgIpc) is 2.82. The third kappa shape index (κ3) is 6.34. The van der Waals surface area contributed by atoms with Gasteiger partial charge in [0.1, 0.15) is 0 Å². The molecule has 8 nitrogen and oxygen atoms in total. The molecule has 0 spiro atoms. The monoisotopic (exact) mass is 499 g/mol. The highest BCUT2D eigenvalue weighted by atomic mass is 35.5. The summed E-state index contributed by atoms with van der Waals surface area (Å²) in [6.45, 7) is 1.81. The number of nitrogens with one attached hydrogen (secondary N) is 2. The number of benzene rings is 3. The van der Waals surface area contributed by atoms with Crippen LogP contribution in [-0.4, -0.2) is 31.1 Å². The molecule has 0 saturated carbocycles. The van der Waals surface area contributed by atoms with Crippen LogP contribution in [0.4, 0.5) is 5.69 Å². The van der Waals surface area contributed by atoms with Crippen molar-refractivity contribution in [2.75, 3.05) is 12.4 Å². The quantitative estimate of drug-likeness (QED) is 0.169. The summed E-state index contributed by atoms with van der Waals surface area (Å²) in [5.41, 5.74) is 4.24. The number of halogens is 2. The number of aryl methyl sites for hydroxylation is 1. The van der Waals surface area contributed by atoms with Gasteiger partial charge in [0.25, 0.3) is 0 Å². The van der Waals surface area contributed by atoms with E-state index in [4.69, 9.17) is 32.7 Å². The van der Waals surface area contributed by atoms with Gasteiger partial charge in [0.2, 0.25) is 0 Å². The van der Waals surface area contributed by atoms with Gasteiger partial charge in [0.05, 0.1) is 28.9 Å². The first-order valence-electron chi connectivity index (χ1n) is 9.83. The van der Waals surface area contributed by atoms with E-state index in [2.05, 4.69) is 15.8 Å². The molecule has 0 aliphatic rings. The largest absolute Gasteiger partial charge is 0.493 e. The maximum atomic E-state index is 12.4. The highest BCUT2D eigenvalue weighted by Crippen LogP contribution is 2.29. The van der Waals surface area contributed by atoms with Crippen LogP contribution in [0.25, 0.3) is 0 Å². The van der Waals surface area contributed by atoms with Gasteiger partial charge in [0, 0.05) is 5.69 Å². The number of carbonyl (C=O) groups is 3.